The number of methoxy groups -OCH3 is 2. The van der Waals surface area contributed by atoms with Crippen molar-refractivity contribution in [2.75, 3.05) is 20.8 Å². The lowest BCUT2D eigenvalue weighted by atomic mass is 10.0. The third kappa shape index (κ3) is 3.75. The van der Waals surface area contributed by atoms with Gasteiger partial charge >= 0.3 is 5.97 Å². The van der Waals surface area contributed by atoms with E-state index in [1.165, 1.54) is 12.1 Å². The first kappa shape index (κ1) is 15.8. The van der Waals surface area contributed by atoms with Gasteiger partial charge in [-0.1, -0.05) is 12.1 Å². The largest absolute Gasteiger partial charge is 0.497 e. The van der Waals surface area contributed by atoms with Gasteiger partial charge in [0.25, 0.3) is 0 Å². The highest BCUT2D eigenvalue weighted by molar-refractivity contribution is 5.88. The summed E-state index contributed by atoms with van der Waals surface area (Å²) in [7, 11) is 2.83. The number of nitrogens with one attached hydrogen (secondary N) is 1. The van der Waals surface area contributed by atoms with E-state index < -0.39 is 11.9 Å². The maximum Gasteiger partial charge on any atom is 0.311 e. The smallest absolute Gasteiger partial charge is 0.311 e. The van der Waals surface area contributed by atoms with E-state index in [0.717, 1.165) is 5.56 Å². The zero-order valence-electron chi connectivity index (χ0n) is 12.5. The van der Waals surface area contributed by atoms with Gasteiger partial charge in [-0.15, -0.1) is 0 Å². The average Bonchev–Trinajstić information content (AvgIpc) is 2.54. The van der Waals surface area contributed by atoms with Crippen molar-refractivity contribution in [3.05, 3.63) is 29.8 Å². The third-order valence-electron chi connectivity index (χ3n) is 3.44. The number of esters is 1. The normalized spacial score (nSPS) is 17.6. The first-order chi connectivity index (χ1) is 10.5. The van der Waals surface area contributed by atoms with Gasteiger partial charge in [0.15, 0.2) is 0 Å². The second kappa shape index (κ2) is 6.93. The molecule has 118 valence electrons. The monoisotopic (exact) mass is 306 g/mol. The lowest BCUT2D eigenvalue weighted by Crippen LogP contribution is -2.55. The molecule has 1 aromatic carbocycles. The van der Waals surface area contributed by atoms with Crippen LogP contribution in [0.1, 0.15) is 12.0 Å². The van der Waals surface area contributed by atoms with Gasteiger partial charge in [0.1, 0.15) is 5.75 Å². The van der Waals surface area contributed by atoms with E-state index >= 15 is 0 Å². The predicted molar refractivity (Wildman–Crippen MR) is 76.7 cm³/mol. The number of carbonyl (C=O) groups excluding carboxylic acids is 3. The minimum absolute atomic E-state index is 0.0268. The van der Waals surface area contributed by atoms with Crippen molar-refractivity contribution in [1.29, 1.82) is 0 Å². The molecule has 0 saturated carbocycles. The molecular weight excluding hydrogens is 288 g/mol. The zero-order valence-corrected chi connectivity index (χ0v) is 12.5. The summed E-state index contributed by atoms with van der Waals surface area (Å²) in [5, 5.41) is 1.18. The Morgan fingerprint density at radius 2 is 1.95 bits per heavy atom. The number of nitrogens with zero attached hydrogens (tertiary/aromatic N) is 1. The summed E-state index contributed by atoms with van der Waals surface area (Å²) in [4.78, 5) is 35.4. The molecule has 1 aliphatic heterocycles. The van der Waals surface area contributed by atoms with Crippen LogP contribution in [0.15, 0.2) is 24.3 Å². The molecule has 0 aliphatic carbocycles. The van der Waals surface area contributed by atoms with E-state index in [-0.39, 0.29) is 31.2 Å². The van der Waals surface area contributed by atoms with E-state index in [1.807, 2.05) is 0 Å². The van der Waals surface area contributed by atoms with Crippen molar-refractivity contribution in [2.24, 2.45) is 5.92 Å². The average molecular weight is 306 g/mol. The Labute approximate surface area is 128 Å². The van der Waals surface area contributed by atoms with Crippen LogP contribution in [0.5, 0.6) is 5.75 Å². The number of hydrazine groups is 1. The van der Waals surface area contributed by atoms with Crippen LogP contribution in [0.2, 0.25) is 0 Å². The molecule has 2 amide bonds. The second-order valence-electron chi connectivity index (χ2n) is 4.99. The van der Waals surface area contributed by atoms with Crippen molar-refractivity contribution in [2.45, 2.75) is 12.8 Å². The number of benzene rings is 1. The van der Waals surface area contributed by atoms with E-state index in [9.17, 15) is 14.4 Å². The number of rotatable bonds is 4. The molecule has 1 aliphatic rings. The van der Waals surface area contributed by atoms with Crippen molar-refractivity contribution in [3.63, 3.8) is 0 Å². The summed E-state index contributed by atoms with van der Waals surface area (Å²) in [5.74, 6) is -1.07. The minimum Gasteiger partial charge on any atom is -0.497 e. The molecule has 1 saturated heterocycles. The zero-order chi connectivity index (χ0) is 16.1. The van der Waals surface area contributed by atoms with Gasteiger partial charge < -0.3 is 9.47 Å². The Morgan fingerprint density at radius 1 is 1.27 bits per heavy atom. The SMILES string of the molecule is COC(=O)C1CC(=O)NN(C(=O)Cc2ccc(OC)cc2)C1. The van der Waals surface area contributed by atoms with Gasteiger partial charge in [0.05, 0.1) is 33.1 Å². The third-order valence-corrected chi connectivity index (χ3v) is 3.44. The highest BCUT2D eigenvalue weighted by atomic mass is 16.5. The Hall–Kier alpha value is -2.57. The maximum absolute atomic E-state index is 12.3. The number of hydrogen-bond acceptors (Lipinski definition) is 5. The van der Waals surface area contributed by atoms with Gasteiger partial charge in [0.2, 0.25) is 11.8 Å². The second-order valence-corrected chi connectivity index (χ2v) is 4.99. The fourth-order valence-corrected chi connectivity index (χ4v) is 2.25. The van der Waals surface area contributed by atoms with Crippen LogP contribution >= 0.6 is 0 Å². The van der Waals surface area contributed by atoms with E-state index in [0.29, 0.717) is 5.75 Å². The first-order valence-corrected chi connectivity index (χ1v) is 6.84. The van der Waals surface area contributed by atoms with E-state index in [4.69, 9.17) is 4.74 Å². The Balaban J connectivity index is 2.01. The van der Waals surface area contributed by atoms with Gasteiger partial charge in [-0.25, -0.2) is 0 Å². The standard InChI is InChI=1S/C15H18N2O5/c1-21-12-5-3-10(4-6-12)7-14(19)17-9-11(15(20)22-2)8-13(18)16-17/h3-6,11H,7-9H2,1-2H3,(H,16,18). The molecule has 1 aromatic rings. The Morgan fingerprint density at radius 3 is 2.55 bits per heavy atom. The number of carbonyl (C=O) groups is 3. The van der Waals surface area contributed by atoms with Crippen LogP contribution in [-0.4, -0.2) is 43.6 Å². The number of hydrogen-bond donors (Lipinski definition) is 1. The molecule has 1 atom stereocenters. The molecule has 1 unspecified atom stereocenters. The topological polar surface area (TPSA) is 84.9 Å². The molecule has 1 N–H and O–H groups in total. The summed E-state index contributed by atoms with van der Waals surface area (Å²) in [6.45, 7) is 0.118. The van der Waals surface area contributed by atoms with Crippen molar-refractivity contribution in [1.82, 2.24) is 10.4 Å². The lowest BCUT2D eigenvalue weighted by molar-refractivity contribution is -0.156. The number of ether oxygens (including phenoxy) is 2. The lowest BCUT2D eigenvalue weighted by Gasteiger charge is -2.31. The Kier molecular flexibility index (Phi) is 4.98. The molecule has 22 heavy (non-hydrogen) atoms. The van der Waals surface area contributed by atoms with Gasteiger partial charge in [-0.3, -0.25) is 24.8 Å². The molecule has 1 fully saturated rings. The van der Waals surface area contributed by atoms with Crippen molar-refractivity contribution < 1.29 is 23.9 Å². The molecular formula is C15H18N2O5. The number of amides is 2. The summed E-state index contributed by atoms with van der Waals surface area (Å²) in [6, 6.07) is 7.07. The molecule has 7 nitrogen and oxygen atoms in total. The summed E-state index contributed by atoms with van der Waals surface area (Å²) in [5.41, 5.74) is 3.27. The van der Waals surface area contributed by atoms with Crippen LogP contribution < -0.4 is 10.2 Å². The molecule has 0 aromatic heterocycles. The van der Waals surface area contributed by atoms with Crippen molar-refractivity contribution in [3.8, 4) is 5.75 Å². The summed E-state index contributed by atoms with van der Waals surface area (Å²) < 4.78 is 9.69. The minimum atomic E-state index is -0.626. The van der Waals surface area contributed by atoms with Gasteiger partial charge in [-0.05, 0) is 17.7 Å². The van der Waals surface area contributed by atoms with E-state index in [1.54, 1.807) is 31.4 Å². The van der Waals surface area contributed by atoms with Gasteiger partial charge in [-0.2, -0.15) is 0 Å². The molecule has 0 radical (unpaired) electrons. The van der Waals surface area contributed by atoms with Crippen LogP contribution in [0.3, 0.4) is 0 Å². The molecule has 0 bridgehead atoms. The molecule has 0 spiro atoms. The fraction of sp³-hybridized carbons (Fsp3) is 0.400. The van der Waals surface area contributed by atoms with Crippen LogP contribution in [-0.2, 0) is 25.5 Å². The molecule has 7 heteroatoms. The molecule has 1 heterocycles. The van der Waals surface area contributed by atoms with Crippen molar-refractivity contribution >= 4 is 17.8 Å². The maximum atomic E-state index is 12.3. The van der Waals surface area contributed by atoms with Crippen LogP contribution in [0, 0.1) is 5.92 Å². The van der Waals surface area contributed by atoms with Crippen LogP contribution in [0.4, 0.5) is 0 Å². The molecule has 2 rings (SSSR count). The predicted octanol–water partition coefficient (Wildman–Crippen LogP) is 0.290. The van der Waals surface area contributed by atoms with E-state index in [2.05, 4.69) is 10.2 Å². The highest BCUT2D eigenvalue weighted by Crippen LogP contribution is 2.15. The summed E-state index contributed by atoms with van der Waals surface area (Å²) in [6.07, 6.45) is 0.150. The van der Waals surface area contributed by atoms with Crippen LogP contribution in [0.25, 0.3) is 0 Å². The first-order valence-electron chi connectivity index (χ1n) is 6.84. The van der Waals surface area contributed by atoms with Gasteiger partial charge in [0, 0.05) is 6.42 Å². The quantitative estimate of drug-likeness (QED) is 0.808. The highest BCUT2D eigenvalue weighted by Gasteiger charge is 2.33. The fourth-order valence-electron chi connectivity index (χ4n) is 2.25. The Bertz CT molecular complexity index is 570. The summed E-state index contributed by atoms with van der Waals surface area (Å²) >= 11 is 0.